The monoisotopic (exact) mass is 574 g/mol. The molecule has 4 nitrogen and oxygen atoms in total. The molecule has 0 amide bonds. The second kappa shape index (κ2) is 9.03. The molecule has 7 heteroatoms. The summed E-state index contributed by atoms with van der Waals surface area (Å²) in [5.41, 5.74) is 8.28. The van der Waals surface area contributed by atoms with E-state index in [1.165, 1.54) is 73.5 Å². The fourth-order valence-electron chi connectivity index (χ4n) is 6.62. The molecule has 2 bridgehead atoms. The fourth-order valence-corrected chi connectivity index (χ4v) is 10.1. The van der Waals surface area contributed by atoms with E-state index < -0.39 is 5.97 Å². The van der Waals surface area contributed by atoms with Crippen molar-refractivity contribution in [2.75, 3.05) is 4.90 Å². The molecule has 194 valence electrons. The van der Waals surface area contributed by atoms with E-state index >= 15 is 0 Å². The van der Waals surface area contributed by atoms with Gasteiger partial charge in [0, 0.05) is 51.9 Å². The van der Waals surface area contributed by atoms with Crippen LogP contribution in [0.4, 0.5) is 11.4 Å². The zero-order valence-electron chi connectivity index (χ0n) is 21.3. The first-order valence-corrected chi connectivity index (χ1v) is 15.7. The molecule has 0 saturated heterocycles. The number of nitriles is 1. The molecule has 0 radical (unpaired) electrons. The highest BCUT2D eigenvalue weighted by Gasteiger charge is 2.48. The van der Waals surface area contributed by atoms with Crippen LogP contribution in [0.3, 0.4) is 0 Å². The quantitative estimate of drug-likeness (QED) is 0.168. The Balaban J connectivity index is 1.07. The van der Waals surface area contributed by atoms with E-state index in [1.807, 2.05) is 12.1 Å². The number of aliphatic carboxylic acids is 1. The zero-order chi connectivity index (χ0) is 27.0. The number of hydrogen-bond donors (Lipinski definition) is 1. The van der Waals surface area contributed by atoms with Gasteiger partial charge in [0.2, 0.25) is 0 Å². The maximum Gasteiger partial charge on any atom is 0.346 e. The summed E-state index contributed by atoms with van der Waals surface area (Å²) in [6.45, 7) is 0. The van der Waals surface area contributed by atoms with Gasteiger partial charge >= 0.3 is 5.97 Å². The Bertz CT molecular complexity index is 1920. The van der Waals surface area contributed by atoms with E-state index in [-0.39, 0.29) is 5.57 Å². The number of nitrogens with zero attached hydrogens (tertiary/aromatic N) is 2. The Morgan fingerprint density at radius 2 is 1.73 bits per heavy atom. The van der Waals surface area contributed by atoms with Crippen molar-refractivity contribution in [2.24, 2.45) is 5.92 Å². The molecule has 2 unspecified atom stereocenters. The van der Waals surface area contributed by atoms with E-state index in [2.05, 4.69) is 65.6 Å². The predicted octanol–water partition coefficient (Wildman–Crippen LogP) is 9.65. The van der Waals surface area contributed by atoms with Crippen LogP contribution in [0.1, 0.15) is 35.6 Å². The first-order valence-electron chi connectivity index (χ1n) is 13.3. The summed E-state index contributed by atoms with van der Waals surface area (Å²) in [5, 5.41) is 18.2. The van der Waals surface area contributed by atoms with Crippen LogP contribution in [0.5, 0.6) is 0 Å². The largest absolute Gasteiger partial charge is 0.477 e. The van der Waals surface area contributed by atoms with Crippen molar-refractivity contribution < 1.29 is 9.90 Å². The number of thiophene rings is 3. The van der Waals surface area contributed by atoms with Gasteiger partial charge < -0.3 is 10.0 Å². The molecule has 0 spiro atoms. The van der Waals surface area contributed by atoms with Crippen LogP contribution in [0.2, 0.25) is 0 Å². The molecule has 1 saturated carbocycles. The Morgan fingerprint density at radius 1 is 0.950 bits per heavy atom. The molecule has 2 aliphatic carbocycles. The second-order valence-electron chi connectivity index (χ2n) is 10.5. The molecule has 1 aliphatic heterocycles. The third kappa shape index (κ3) is 3.64. The summed E-state index contributed by atoms with van der Waals surface area (Å²) >= 11 is 5.05. The number of carboxylic acids is 1. The molecule has 2 atom stereocenters. The highest BCUT2D eigenvalue weighted by Crippen LogP contribution is 2.61. The lowest BCUT2D eigenvalue weighted by atomic mass is 9.86. The van der Waals surface area contributed by atoms with Gasteiger partial charge in [-0.05, 0) is 90.4 Å². The average Bonchev–Trinajstić information content (AvgIpc) is 3.80. The minimum absolute atomic E-state index is 0.252. The number of allylic oxidation sites excluding steroid dienone is 2. The summed E-state index contributed by atoms with van der Waals surface area (Å²) in [4.78, 5) is 17.9. The lowest BCUT2D eigenvalue weighted by molar-refractivity contribution is -0.132. The Labute approximate surface area is 243 Å². The van der Waals surface area contributed by atoms with Crippen molar-refractivity contribution in [1.82, 2.24) is 0 Å². The van der Waals surface area contributed by atoms with Gasteiger partial charge in [-0.3, -0.25) is 0 Å². The lowest BCUT2D eigenvalue weighted by Crippen LogP contribution is -2.16. The molecule has 2 aromatic carbocycles. The van der Waals surface area contributed by atoms with E-state index in [9.17, 15) is 4.79 Å². The van der Waals surface area contributed by atoms with Gasteiger partial charge in [-0.1, -0.05) is 30.3 Å². The van der Waals surface area contributed by atoms with Gasteiger partial charge in [-0.15, -0.1) is 34.0 Å². The van der Waals surface area contributed by atoms with Crippen molar-refractivity contribution in [2.45, 2.75) is 25.2 Å². The van der Waals surface area contributed by atoms with Crippen molar-refractivity contribution >= 4 is 66.8 Å². The molecule has 8 rings (SSSR count). The van der Waals surface area contributed by atoms with Crippen LogP contribution < -0.4 is 4.90 Å². The first-order chi connectivity index (χ1) is 19.6. The van der Waals surface area contributed by atoms with Crippen molar-refractivity contribution in [1.29, 1.82) is 5.26 Å². The van der Waals surface area contributed by atoms with Gasteiger partial charge in [0.05, 0.1) is 0 Å². The van der Waals surface area contributed by atoms with Gasteiger partial charge in [0.15, 0.2) is 0 Å². The Morgan fingerprint density at radius 3 is 2.52 bits per heavy atom. The van der Waals surface area contributed by atoms with Gasteiger partial charge in [0.1, 0.15) is 11.6 Å². The van der Waals surface area contributed by atoms with Gasteiger partial charge in [-0.25, -0.2) is 4.79 Å². The minimum Gasteiger partial charge on any atom is -0.477 e. The summed E-state index contributed by atoms with van der Waals surface area (Å²) in [6.07, 6.45) is 5.28. The highest BCUT2D eigenvalue weighted by molar-refractivity contribution is 7.32. The Hall–Kier alpha value is -3.96. The smallest absolute Gasteiger partial charge is 0.346 e. The number of anilines is 2. The normalized spacial score (nSPS) is 19.4. The predicted molar refractivity (Wildman–Crippen MR) is 165 cm³/mol. The topological polar surface area (TPSA) is 64.3 Å². The zero-order valence-corrected chi connectivity index (χ0v) is 23.7. The molecule has 40 heavy (non-hydrogen) atoms. The number of rotatable bonds is 5. The maximum atomic E-state index is 11.2. The standard InChI is InChI=1S/C33H22N2O2S3/c34-17-21(33(36)37)14-23-11-12-26(38-23)28-16-30-29(40-28)15-27(39-30)18-7-9-22(10-8-18)35-25-4-2-1-3-24(25)31-19-5-6-20(13-19)32(31)35/h1-4,7-12,14-16,19,31H,5-6,13H2,(H,36,37)/b21-14+. The van der Waals surface area contributed by atoms with E-state index in [1.54, 1.807) is 40.0 Å². The van der Waals surface area contributed by atoms with Crippen LogP contribution in [0.25, 0.3) is 35.7 Å². The van der Waals surface area contributed by atoms with Crippen LogP contribution in [-0.4, -0.2) is 11.1 Å². The van der Waals surface area contributed by atoms with Crippen LogP contribution in [-0.2, 0) is 4.79 Å². The molecular formula is C33H22N2O2S3. The lowest BCUT2D eigenvalue weighted by Gasteiger charge is -2.26. The summed E-state index contributed by atoms with van der Waals surface area (Å²) < 4.78 is 2.50. The summed E-state index contributed by atoms with van der Waals surface area (Å²) in [7, 11) is 0. The van der Waals surface area contributed by atoms with E-state index in [0.717, 1.165) is 20.5 Å². The van der Waals surface area contributed by atoms with Crippen LogP contribution >= 0.6 is 34.0 Å². The van der Waals surface area contributed by atoms with E-state index in [4.69, 9.17) is 10.4 Å². The molecule has 3 aliphatic rings. The Kier molecular flexibility index (Phi) is 5.39. The highest BCUT2D eigenvalue weighted by atomic mass is 32.1. The molecule has 1 N–H and O–H groups in total. The summed E-state index contributed by atoms with van der Waals surface area (Å²) in [6, 6.07) is 28.1. The minimum atomic E-state index is -1.20. The van der Waals surface area contributed by atoms with Crippen LogP contribution in [0.15, 0.2) is 89.6 Å². The maximum absolute atomic E-state index is 11.2. The third-order valence-electron chi connectivity index (χ3n) is 8.33. The second-order valence-corrected chi connectivity index (χ2v) is 13.8. The number of fused-ring (bicyclic) bond motifs is 7. The number of para-hydroxylation sites is 1. The van der Waals surface area contributed by atoms with E-state index in [0.29, 0.717) is 5.92 Å². The van der Waals surface area contributed by atoms with Crippen molar-refractivity contribution in [3.05, 3.63) is 100 Å². The molecular weight excluding hydrogens is 553 g/mol. The van der Waals surface area contributed by atoms with Gasteiger partial charge in [0.25, 0.3) is 0 Å². The van der Waals surface area contributed by atoms with Gasteiger partial charge in [-0.2, -0.15) is 5.26 Å². The number of hydrogen-bond acceptors (Lipinski definition) is 6. The molecule has 5 aromatic rings. The number of carboxylic acid groups (broad SMARTS) is 1. The molecule has 1 fully saturated rings. The molecule has 3 aromatic heterocycles. The molecule has 4 heterocycles. The van der Waals surface area contributed by atoms with Crippen LogP contribution in [0, 0.1) is 17.2 Å². The summed E-state index contributed by atoms with van der Waals surface area (Å²) in [5.74, 6) is 0.141. The third-order valence-corrected chi connectivity index (χ3v) is 11.9. The first kappa shape index (κ1) is 23.9. The average molecular weight is 575 g/mol. The SMILES string of the molecule is N#C/C(=C\c1ccc(-c2cc3sc(-c4ccc(N5C6=C7CCC(C7)C6c6ccccc65)cc4)cc3s2)s1)C(=O)O. The van der Waals surface area contributed by atoms with Crippen molar-refractivity contribution in [3.63, 3.8) is 0 Å². The number of benzene rings is 2. The fraction of sp³-hybridized carbons (Fsp3) is 0.152. The van der Waals surface area contributed by atoms with Crippen molar-refractivity contribution in [3.8, 4) is 26.3 Å². The number of carbonyl (C=O) groups is 1.